The molecule has 13 heavy (non-hydrogen) atoms. The minimum atomic E-state index is -1.17. The zero-order valence-corrected chi connectivity index (χ0v) is 7.53. The number of nitrogens with zero attached hydrogens (tertiary/aromatic N) is 2. The van der Waals surface area contributed by atoms with Crippen molar-refractivity contribution >= 4 is 17.8 Å². The Bertz CT molecular complexity index is 253. The van der Waals surface area contributed by atoms with Crippen molar-refractivity contribution in [1.29, 1.82) is 0 Å². The molecule has 1 aliphatic heterocycles. The fraction of sp³-hybridized carbons (Fsp3) is 0.500. The normalized spacial score (nSPS) is 14.8. The number of rotatable bonds is 3. The van der Waals surface area contributed by atoms with Crippen LogP contribution >= 0.6 is 0 Å². The van der Waals surface area contributed by atoms with Crippen molar-refractivity contribution in [3.63, 3.8) is 0 Å². The van der Waals surface area contributed by atoms with E-state index < -0.39 is 11.9 Å². The van der Waals surface area contributed by atoms with Crippen LogP contribution in [0.3, 0.4) is 0 Å². The number of hydrogen-bond donors (Lipinski definition) is 2. The molecule has 0 radical (unpaired) electrons. The van der Waals surface area contributed by atoms with Gasteiger partial charge >= 0.3 is 11.9 Å². The van der Waals surface area contributed by atoms with E-state index >= 15 is 0 Å². The van der Waals surface area contributed by atoms with E-state index in [2.05, 4.69) is 4.99 Å². The maximum atomic E-state index is 10.4. The van der Waals surface area contributed by atoms with Gasteiger partial charge in [0.15, 0.2) is 0 Å². The third kappa shape index (κ3) is 3.03. The van der Waals surface area contributed by atoms with Crippen molar-refractivity contribution < 1.29 is 36.3 Å². The number of carboxylic acids is 2. The monoisotopic (exact) mass is 230 g/mol. The molecule has 1 rings (SSSR count). The Morgan fingerprint density at radius 3 is 2.54 bits per heavy atom. The van der Waals surface area contributed by atoms with Crippen LogP contribution in [0.25, 0.3) is 0 Å². The number of hydrogen-bond acceptors (Lipinski definition) is 4. The summed E-state index contributed by atoms with van der Waals surface area (Å²) < 4.78 is 0. The SMILES string of the molecule is O=C(O)CN1CCN=C1C(=O)O.[Ni]. The van der Waals surface area contributed by atoms with Crippen molar-refractivity contribution in [2.24, 2.45) is 4.99 Å². The first-order valence-corrected chi connectivity index (χ1v) is 3.35. The van der Waals surface area contributed by atoms with E-state index in [1.54, 1.807) is 0 Å². The van der Waals surface area contributed by atoms with Crippen molar-refractivity contribution in [3.8, 4) is 0 Å². The van der Waals surface area contributed by atoms with Crippen molar-refractivity contribution in [2.75, 3.05) is 19.6 Å². The minimum absolute atomic E-state index is 0. The van der Waals surface area contributed by atoms with Gasteiger partial charge < -0.3 is 15.1 Å². The molecule has 0 aliphatic carbocycles. The molecular weight excluding hydrogens is 223 g/mol. The molecular formula is C6H8N2NiO4. The summed E-state index contributed by atoms with van der Waals surface area (Å²) in [7, 11) is 0. The van der Waals surface area contributed by atoms with Crippen LogP contribution in [0, 0.1) is 0 Å². The summed E-state index contributed by atoms with van der Waals surface area (Å²) >= 11 is 0. The summed E-state index contributed by atoms with van der Waals surface area (Å²) in [5, 5.41) is 16.9. The molecule has 6 nitrogen and oxygen atoms in total. The van der Waals surface area contributed by atoms with Crippen LogP contribution in [0.2, 0.25) is 0 Å². The Morgan fingerprint density at radius 2 is 2.08 bits per heavy atom. The summed E-state index contributed by atoms with van der Waals surface area (Å²) in [6.45, 7) is 0.425. The second kappa shape index (κ2) is 4.81. The van der Waals surface area contributed by atoms with Gasteiger partial charge in [-0.05, 0) is 0 Å². The molecule has 0 saturated carbocycles. The average Bonchev–Trinajstić information content (AvgIpc) is 2.33. The second-order valence-corrected chi connectivity index (χ2v) is 2.33. The molecule has 76 valence electrons. The van der Waals surface area contributed by atoms with Gasteiger partial charge in [0, 0.05) is 23.0 Å². The van der Waals surface area contributed by atoms with Crippen LogP contribution in [0.1, 0.15) is 0 Å². The van der Waals surface area contributed by atoms with Crippen LogP contribution in [-0.4, -0.2) is 52.5 Å². The van der Waals surface area contributed by atoms with E-state index in [4.69, 9.17) is 10.2 Å². The predicted molar refractivity (Wildman–Crippen MR) is 39.1 cm³/mol. The first-order chi connectivity index (χ1) is 5.61. The van der Waals surface area contributed by atoms with Crippen molar-refractivity contribution in [2.45, 2.75) is 0 Å². The van der Waals surface area contributed by atoms with Gasteiger partial charge in [-0.2, -0.15) is 0 Å². The zero-order chi connectivity index (χ0) is 9.14. The average molecular weight is 231 g/mol. The molecule has 1 heterocycles. The van der Waals surface area contributed by atoms with Crippen molar-refractivity contribution in [3.05, 3.63) is 0 Å². The van der Waals surface area contributed by atoms with E-state index in [1.165, 1.54) is 4.90 Å². The van der Waals surface area contributed by atoms with E-state index in [0.717, 1.165) is 0 Å². The van der Waals surface area contributed by atoms with Crippen LogP contribution in [0.15, 0.2) is 4.99 Å². The smallest absolute Gasteiger partial charge is 0.371 e. The largest absolute Gasteiger partial charge is 0.480 e. The fourth-order valence-electron chi connectivity index (χ4n) is 1.00. The van der Waals surface area contributed by atoms with Gasteiger partial charge in [0.2, 0.25) is 5.84 Å². The Hall–Kier alpha value is -1.10. The van der Waals surface area contributed by atoms with Gasteiger partial charge in [-0.1, -0.05) is 0 Å². The van der Waals surface area contributed by atoms with E-state index in [1.807, 2.05) is 0 Å². The number of aliphatic carboxylic acids is 2. The van der Waals surface area contributed by atoms with Gasteiger partial charge in [-0.15, -0.1) is 0 Å². The van der Waals surface area contributed by atoms with Gasteiger partial charge in [0.05, 0.1) is 6.54 Å². The van der Waals surface area contributed by atoms with Gasteiger partial charge in [0.1, 0.15) is 6.54 Å². The summed E-state index contributed by atoms with van der Waals surface area (Å²) in [6.07, 6.45) is 0. The van der Waals surface area contributed by atoms with E-state index in [9.17, 15) is 9.59 Å². The molecule has 2 N–H and O–H groups in total. The molecule has 0 atom stereocenters. The molecule has 0 aromatic heterocycles. The maximum absolute atomic E-state index is 10.4. The minimum Gasteiger partial charge on any atom is -0.480 e. The number of aliphatic imine (C=N–C) groups is 1. The first kappa shape index (κ1) is 11.9. The molecule has 1 aliphatic rings. The summed E-state index contributed by atoms with van der Waals surface area (Å²) in [6, 6.07) is 0. The van der Waals surface area contributed by atoms with Crippen LogP contribution in [-0.2, 0) is 26.1 Å². The fourth-order valence-corrected chi connectivity index (χ4v) is 1.00. The molecule has 0 aromatic rings. The third-order valence-electron chi connectivity index (χ3n) is 1.45. The summed E-state index contributed by atoms with van der Waals surface area (Å²) in [5.41, 5.74) is 0. The van der Waals surface area contributed by atoms with Crippen LogP contribution < -0.4 is 0 Å². The Morgan fingerprint density at radius 1 is 1.46 bits per heavy atom. The predicted octanol–water partition coefficient (Wildman–Crippen LogP) is -1.13. The first-order valence-electron chi connectivity index (χ1n) is 3.35. The zero-order valence-electron chi connectivity index (χ0n) is 6.54. The molecule has 7 heteroatoms. The third-order valence-corrected chi connectivity index (χ3v) is 1.45. The summed E-state index contributed by atoms with van der Waals surface area (Å²) in [4.78, 5) is 25.5. The molecule has 0 unspecified atom stereocenters. The van der Waals surface area contributed by atoms with E-state index in [0.29, 0.717) is 13.1 Å². The molecule has 0 fully saturated rings. The van der Waals surface area contributed by atoms with Gasteiger partial charge in [0.25, 0.3) is 0 Å². The van der Waals surface area contributed by atoms with Crippen LogP contribution in [0.4, 0.5) is 0 Å². The quantitative estimate of drug-likeness (QED) is 0.599. The molecule has 0 saturated heterocycles. The standard InChI is InChI=1S/C6H8N2O4.Ni/c9-4(10)3-8-2-1-7-5(8)6(11)12;/h1-3H2,(H,9,10)(H,11,12);. The van der Waals surface area contributed by atoms with Gasteiger partial charge in [-0.3, -0.25) is 9.79 Å². The van der Waals surface area contributed by atoms with Crippen LogP contribution in [0.5, 0.6) is 0 Å². The Kier molecular flexibility index (Phi) is 4.41. The van der Waals surface area contributed by atoms with Crippen molar-refractivity contribution in [1.82, 2.24) is 4.90 Å². The molecule has 0 bridgehead atoms. The summed E-state index contributed by atoms with van der Waals surface area (Å²) in [5.74, 6) is -2.38. The number of carboxylic acid groups (broad SMARTS) is 2. The van der Waals surface area contributed by atoms with Gasteiger partial charge in [-0.25, -0.2) is 4.79 Å². The Labute approximate surface area is 84.2 Å². The molecule has 0 aromatic carbocycles. The Balaban J connectivity index is 0.00000144. The molecule has 0 spiro atoms. The van der Waals surface area contributed by atoms with E-state index in [-0.39, 0.29) is 28.9 Å². The number of amidine groups is 1. The second-order valence-electron chi connectivity index (χ2n) is 2.33. The maximum Gasteiger partial charge on any atom is 0.371 e. The topological polar surface area (TPSA) is 90.2 Å². The molecule has 0 amide bonds. The number of carbonyl (C=O) groups is 2.